The molecule has 0 spiro atoms. The first-order chi connectivity index (χ1) is 8.03. The second-order valence-electron chi connectivity index (χ2n) is 4.39. The van der Waals surface area contributed by atoms with Crippen LogP contribution in [0.15, 0.2) is 15.4 Å². The number of furan rings is 1. The Morgan fingerprint density at radius 1 is 1.47 bits per heavy atom. The fraction of sp³-hybridized carbons (Fsp3) is 0.636. The van der Waals surface area contributed by atoms with Crippen molar-refractivity contribution in [3.05, 3.63) is 17.6 Å². The summed E-state index contributed by atoms with van der Waals surface area (Å²) in [5.74, 6) is 0.592. The second kappa shape index (κ2) is 4.80. The van der Waals surface area contributed by atoms with Gasteiger partial charge in [0.2, 0.25) is 10.0 Å². The van der Waals surface area contributed by atoms with Gasteiger partial charge in [-0.15, -0.1) is 0 Å². The minimum atomic E-state index is -3.52. The minimum Gasteiger partial charge on any atom is -0.462 e. The maximum absolute atomic E-state index is 12.1. The van der Waals surface area contributed by atoms with Crippen molar-refractivity contribution >= 4 is 10.0 Å². The Balaban J connectivity index is 2.21. The number of aliphatic hydroxyl groups is 1. The molecule has 0 saturated heterocycles. The summed E-state index contributed by atoms with van der Waals surface area (Å²) in [4.78, 5) is 0.133. The third-order valence-corrected chi connectivity index (χ3v) is 4.67. The first kappa shape index (κ1) is 12.6. The Morgan fingerprint density at radius 2 is 2.12 bits per heavy atom. The molecule has 0 radical (unpaired) electrons. The highest BCUT2D eigenvalue weighted by Gasteiger charge is 2.26. The largest absolute Gasteiger partial charge is 0.462 e. The van der Waals surface area contributed by atoms with Gasteiger partial charge >= 0.3 is 0 Å². The highest BCUT2D eigenvalue weighted by molar-refractivity contribution is 7.89. The molecule has 0 unspecified atom stereocenters. The molecule has 2 N–H and O–H groups in total. The van der Waals surface area contributed by atoms with E-state index in [0.29, 0.717) is 5.76 Å². The van der Waals surface area contributed by atoms with Gasteiger partial charge in [-0.1, -0.05) is 12.8 Å². The molecule has 0 aromatic carbocycles. The van der Waals surface area contributed by atoms with Crippen LogP contribution < -0.4 is 4.72 Å². The molecular weight excluding hydrogens is 242 g/mol. The van der Waals surface area contributed by atoms with Gasteiger partial charge in [-0.25, -0.2) is 13.1 Å². The van der Waals surface area contributed by atoms with Crippen LogP contribution >= 0.6 is 0 Å². The molecule has 0 aliphatic heterocycles. The van der Waals surface area contributed by atoms with Crippen LogP contribution in [0.5, 0.6) is 0 Å². The average molecular weight is 259 g/mol. The van der Waals surface area contributed by atoms with Crippen LogP contribution in [-0.4, -0.2) is 19.6 Å². The fourth-order valence-electron chi connectivity index (χ4n) is 2.20. The number of aryl methyl sites for hydroxylation is 1. The van der Waals surface area contributed by atoms with Crippen LogP contribution in [0, 0.1) is 6.92 Å². The quantitative estimate of drug-likeness (QED) is 0.854. The van der Waals surface area contributed by atoms with Crippen LogP contribution in [-0.2, 0) is 16.6 Å². The number of rotatable bonds is 4. The third kappa shape index (κ3) is 2.70. The number of sulfonamides is 1. The van der Waals surface area contributed by atoms with E-state index in [1.165, 1.54) is 6.07 Å². The zero-order valence-corrected chi connectivity index (χ0v) is 10.6. The summed E-state index contributed by atoms with van der Waals surface area (Å²) < 4.78 is 32.0. The maximum atomic E-state index is 12.1. The lowest BCUT2D eigenvalue weighted by Gasteiger charge is -2.11. The van der Waals surface area contributed by atoms with Crippen molar-refractivity contribution in [3.8, 4) is 0 Å². The molecular formula is C11H17NO4S. The van der Waals surface area contributed by atoms with E-state index in [0.717, 1.165) is 25.7 Å². The van der Waals surface area contributed by atoms with Gasteiger partial charge in [0.15, 0.2) is 0 Å². The van der Waals surface area contributed by atoms with Crippen LogP contribution in [0.1, 0.15) is 37.2 Å². The summed E-state index contributed by atoms with van der Waals surface area (Å²) >= 11 is 0. The fourth-order valence-corrected chi connectivity index (χ4v) is 3.70. The first-order valence-electron chi connectivity index (χ1n) is 5.75. The van der Waals surface area contributed by atoms with Gasteiger partial charge in [-0.05, 0) is 19.8 Å². The van der Waals surface area contributed by atoms with Crippen molar-refractivity contribution in [3.63, 3.8) is 0 Å². The number of hydrogen-bond acceptors (Lipinski definition) is 4. The van der Waals surface area contributed by atoms with Gasteiger partial charge in [0, 0.05) is 12.1 Å². The predicted octanol–water partition coefficient (Wildman–Crippen LogP) is 1.30. The highest BCUT2D eigenvalue weighted by atomic mass is 32.2. The van der Waals surface area contributed by atoms with Crippen molar-refractivity contribution in [2.45, 2.75) is 50.2 Å². The molecule has 1 saturated carbocycles. The molecule has 1 aliphatic rings. The summed E-state index contributed by atoms with van der Waals surface area (Å²) in [5, 5.41) is 8.92. The average Bonchev–Trinajstić information content (AvgIpc) is 2.86. The standard InChI is InChI=1S/C11H17NO4S/c1-8-11(6-10(7-13)16-8)17(14,15)12-9-4-2-3-5-9/h6,9,12-13H,2-5,7H2,1H3. The smallest absolute Gasteiger partial charge is 0.244 e. The SMILES string of the molecule is Cc1oc(CO)cc1S(=O)(=O)NC1CCCC1. The molecule has 5 nitrogen and oxygen atoms in total. The zero-order valence-electron chi connectivity index (χ0n) is 9.77. The number of nitrogens with one attached hydrogen (secondary N) is 1. The van der Waals surface area contributed by atoms with E-state index in [2.05, 4.69) is 4.72 Å². The molecule has 1 aliphatic carbocycles. The molecule has 17 heavy (non-hydrogen) atoms. The van der Waals surface area contributed by atoms with E-state index in [-0.39, 0.29) is 23.3 Å². The van der Waals surface area contributed by atoms with E-state index in [1.54, 1.807) is 6.92 Å². The van der Waals surface area contributed by atoms with Gasteiger partial charge in [-0.2, -0.15) is 0 Å². The summed E-state index contributed by atoms with van der Waals surface area (Å²) in [7, 11) is -3.52. The Morgan fingerprint density at radius 3 is 2.65 bits per heavy atom. The normalized spacial score (nSPS) is 17.8. The molecule has 0 bridgehead atoms. The Labute approximate surface area is 101 Å². The summed E-state index contributed by atoms with van der Waals surface area (Å²) in [6.45, 7) is 1.29. The van der Waals surface area contributed by atoms with Crippen molar-refractivity contribution in [1.29, 1.82) is 0 Å². The monoisotopic (exact) mass is 259 g/mol. The topological polar surface area (TPSA) is 79.5 Å². The van der Waals surface area contributed by atoms with Gasteiger partial charge in [0.05, 0.1) is 0 Å². The van der Waals surface area contributed by atoms with Gasteiger partial charge < -0.3 is 9.52 Å². The van der Waals surface area contributed by atoms with Crippen LogP contribution in [0.2, 0.25) is 0 Å². The van der Waals surface area contributed by atoms with Gasteiger partial charge in [0.1, 0.15) is 23.0 Å². The lowest BCUT2D eigenvalue weighted by molar-refractivity contribution is 0.244. The molecule has 1 aromatic rings. The zero-order chi connectivity index (χ0) is 12.5. The Bertz CT molecular complexity index is 486. The summed E-state index contributed by atoms with van der Waals surface area (Å²) in [6.07, 6.45) is 3.92. The molecule has 6 heteroatoms. The lowest BCUT2D eigenvalue weighted by atomic mass is 10.3. The number of hydrogen-bond donors (Lipinski definition) is 2. The van der Waals surface area contributed by atoms with E-state index in [4.69, 9.17) is 9.52 Å². The summed E-state index contributed by atoms with van der Waals surface area (Å²) in [5.41, 5.74) is 0. The van der Waals surface area contributed by atoms with Gasteiger partial charge in [0.25, 0.3) is 0 Å². The molecule has 0 atom stereocenters. The van der Waals surface area contributed by atoms with Crippen molar-refractivity contribution < 1.29 is 17.9 Å². The molecule has 1 heterocycles. The van der Waals surface area contributed by atoms with Crippen molar-refractivity contribution in [2.75, 3.05) is 0 Å². The van der Waals surface area contributed by atoms with E-state index < -0.39 is 10.0 Å². The van der Waals surface area contributed by atoms with E-state index >= 15 is 0 Å². The molecule has 96 valence electrons. The second-order valence-corrected chi connectivity index (χ2v) is 6.08. The van der Waals surface area contributed by atoms with Crippen LogP contribution in [0.25, 0.3) is 0 Å². The molecule has 2 rings (SSSR count). The lowest BCUT2D eigenvalue weighted by Crippen LogP contribution is -2.32. The van der Waals surface area contributed by atoms with Gasteiger partial charge in [-0.3, -0.25) is 0 Å². The molecule has 1 fully saturated rings. The van der Waals surface area contributed by atoms with Crippen molar-refractivity contribution in [1.82, 2.24) is 4.72 Å². The van der Waals surface area contributed by atoms with E-state index in [1.807, 2.05) is 0 Å². The molecule has 0 amide bonds. The summed E-state index contributed by atoms with van der Waals surface area (Å²) in [6, 6.07) is 1.42. The third-order valence-electron chi connectivity index (χ3n) is 3.05. The first-order valence-corrected chi connectivity index (χ1v) is 7.24. The maximum Gasteiger partial charge on any atom is 0.244 e. The predicted molar refractivity (Wildman–Crippen MR) is 61.9 cm³/mol. The minimum absolute atomic E-state index is 0.0341. The highest BCUT2D eigenvalue weighted by Crippen LogP contribution is 2.23. The number of aliphatic hydroxyl groups excluding tert-OH is 1. The Hall–Kier alpha value is -0.850. The van der Waals surface area contributed by atoms with E-state index in [9.17, 15) is 8.42 Å². The van der Waals surface area contributed by atoms with Crippen molar-refractivity contribution in [2.24, 2.45) is 0 Å². The Kier molecular flexibility index (Phi) is 3.56. The molecule has 1 aromatic heterocycles. The van der Waals surface area contributed by atoms with Crippen LogP contribution in [0.4, 0.5) is 0 Å². The van der Waals surface area contributed by atoms with Crippen LogP contribution in [0.3, 0.4) is 0 Å².